The van der Waals surface area contributed by atoms with Crippen molar-refractivity contribution < 1.29 is 0 Å². The molecule has 0 spiro atoms. The molecule has 2 aromatic rings. The van der Waals surface area contributed by atoms with Crippen LogP contribution >= 0.6 is 46.6 Å². The van der Waals surface area contributed by atoms with Crippen LogP contribution in [0.15, 0.2) is 40.1 Å². The van der Waals surface area contributed by atoms with Crippen molar-refractivity contribution in [1.29, 1.82) is 0 Å². The summed E-state index contributed by atoms with van der Waals surface area (Å²) in [5.41, 5.74) is 12.8. The highest BCUT2D eigenvalue weighted by Crippen LogP contribution is 2.41. The first-order valence-electron chi connectivity index (χ1n) is 4.95. The zero-order valence-corrected chi connectivity index (χ0v) is 12.2. The Morgan fingerprint density at radius 3 is 2.22 bits per heavy atom. The van der Waals surface area contributed by atoms with E-state index in [0.29, 0.717) is 26.4 Å². The maximum absolute atomic E-state index is 5.99. The number of nitrogens with two attached hydrogens (primary N) is 2. The maximum Gasteiger partial charge on any atom is 0.0833 e. The molecule has 0 aliphatic rings. The van der Waals surface area contributed by atoms with Gasteiger partial charge in [-0.25, -0.2) is 0 Å². The van der Waals surface area contributed by atoms with Gasteiger partial charge in [0.15, 0.2) is 0 Å². The summed E-state index contributed by atoms with van der Waals surface area (Å²) in [5, 5.41) is 1.38. The minimum absolute atomic E-state index is 0.356. The van der Waals surface area contributed by atoms with E-state index in [0.717, 1.165) is 9.79 Å². The molecule has 94 valence electrons. The first-order valence-corrected chi connectivity index (χ1v) is 6.90. The molecule has 0 unspecified atom stereocenters. The van der Waals surface area contributed by atoms with Crippen molar-refractivity contribution in [2.75, 3.05) is 11.5 Å². The molecule has 2 aromatic carbocycles. The van der Waals surface area contributed by atoms with Gasteiger partial charge in [-0.05, 0) is 30.3 Å². The van der Waals surface area contributed by atoms with E-state index in [9.17, 15) is 0 Å². The summed E-state index contributed by atoms with van der Waals surface area (Å²) < 4.78 is 0. The van der Waals surface area contributed by atoms with Crippen LogP contribution in [0.2, 0.25) is 15.1 Å². The van der Waals surface area contributed by atoms with Crippen molar-refractivity contribution in [2.45, 2.75) is 9.79 Å². The van der Waals surface area contributed by atoms with Gasteiger partial charge in [-0.1, -0.05) is 46.6 Å². The first kappa shape index (κ1) is 13.7. The second-order valence-corrected chi connectivity index (χ2v) is 5.86. The zero-order chi connectivity index (χ0) is 13.3. The summed E-state index contributed by atoms with van der Waals surface area (Å²) in [6, 6.07) is 8.81. The fraction of sp³-hybridized carbons (Fsp3) is 0. The van der Waals surface area contributed by atoms with Gasteiger partial charge in [-0.15, -0.1) is 0 Å². The molecule has 0 saturated heterocycles. The molecule has 2 rings (SSSR count). The predicted molar refractivity (Wildman–Crippen MR) is 80.9 cm³/mol. The molecular weight excluding hydrogens is 311 g/mol. The van der Waals surface area contributed by atoms with Gasteiger partial charge < -0.3 is 11.5 Å². The molecule has 18 heavy (non-hydrogen) atoms. The van der Waals surface area contributed by atoms with E-state index in [4.69, 9.17) is 46.3 Å². The summed E-state index contributed by atoms with van der Waals surface area (Å²) >= 11 is 19.1. The second-order valence-electron chi connectivity index (χ2n) is 3.56. The minimum Gasteiger partial charge on any atom is -0.398 e. The topological polar surface area (TPSA) is 52.0 Å². The van der Waals surface area contributed by atoms with Gasteiger partial charge in [-0.3, -0.25) is 0 Å². The SMILES string of the molecule is Nc1cc(Cl)ccc1Sc1ccc(Cl)c(Cl)c1N. The first-order chi connectivity index (χ1) is 8.49. The molecule has 0 radical (unpaired) electrons. The van der Waals surface area contributed by atoms with Crippen LogP contribution in [0.3, 0.4) is 0 Å². The zero-order valence-electron chi connectivity index (χ0n) is 9.08. The summed E-state index contributed by atoms with van der Waals surface area (Å²) in [7, 11) is 0. The number of hydrogen-bond donors (Lipinski definition) is 2. The average molecular weight is 320 g/mol. The molecule has 0 atom stereocenters. The van der Waals surface area contributed by atoms with Crippen molar-refractivity contribution in [3.63, 3.8) is 0 Å². The monoisotopic (exact) mass is 318 g/mol. The summed E-state index contributed by atoms with van der Waals surface area (Å²) in [6.45, 7) is 0. The summed E-state index contributed by atoms with van der Waals surface area (Å²) in [4.78, 5) is 1.67. The van der Waals surface area contributed by atoms with Gasteiger partial charge in [0.25, 0.3) is 0 Å². The number of halogens is 3. The third-order valence-electron chi connectivity index (χ3n) is 2.28. The number of anilines is 2. The molecular formula is C12H9Cl3N2S. The Bertz CT molecular complexity index is 602. The van der Waals surface area contributed by atoms with Gasteiger partial charge in [-0.2, -0.15) is 0 Å². The standard InChI is InChI=1S/C12H9Cl3N2S/c13-6-1-3-9(8(16)5-6)18-10-4-2-7(14)11(15)12(10)17/h1-5H,16-17H2. The van der Waals surface area contributed by atoms with E-state index in [2.05, 4.69) is 0 Å². The lowest BCUT2D eigenvalue weighted by Gasteiger charge is -2.10. The maximum atomic E-state index is 5.99. The van der Waals surface area contributed by atoms with Crippen LogP contribution in [0.1, 0.15) is 0 Å². The molecule has 0 fully saturated rings. The van der Waals surface area contributed by atoms with E-state index in [1.807, 2.05) is 12.1 Å². The predicted octanol–water partition coefficient (Wildman–Crippen LogP) is 4.96. The smallest absolute Gasteiger partial charge is 0.0833 e. The number of rotatable bonds is 2. The Hall–Kier alpha value is -0.740. The van der Waals surface area contributed by atoms with Crippen molar-refractivity contribution in [3.05, 3.63) is 45.4 Å². The second kappa shape index (κ2) is 5.49. The van der Waals surface area contributed by atoms with Gasteiger partial charge in [0.2, 0.25) is 0 Å². The Morgan fingerprint density at radius 1 is 0.889 bits per heavy atom. The van der Waals surface area contributed by atoms with Crippen LogP contribution in [-0.2, 0) is 0 Å². The molecule has 4 N–H and O–H groups in total. The lowest BCUT2D eigenvalue weighted by Crippen LogP contribution is -1.92. The summed E-state index contributed by atoms with van der Waals surface area (Å²) in [6.07, 6.45) is 0. The van der Waals surface area contributed by atoms with E-state index >= 15 is 0 Å². The highest BCUT2D eigenvalue weighted by molar-refractivity contribution is 7.99. The number of benzene rings is 2. The van der Waals surface area contributed by atoms with E-state index in [1.165, 1.54) is 11.8 Å². The fourth-order valence-electron chi connectivity index (χ4n) is 1.37. The Balaban J connectivity index is 2.37. The third kappa shape index (κ3) is 2.81. The normalized spacial score (nSPS) is 10.6. The Morgan fingerprint density at radius 2 is 1.56 bits per heavy atom. The van der Waals surface area contributed by atoms with Crippen molar-refractivity contribution >= 4 is 57.9 Å². The Kier molecular flexibility index (Phi) is 4.17. The quantitative estimate of drug-likeness (QED) is 0.769. The van der Waals surface area contributed by atoms with Crippen molar-refractivity contribution in [3.8, 4) is 0 Å². The minimum atomic E-state index is 0.356. The lowest BCUT2D eigenvalue weighted by atomic mass is 10.3. The number of hydrogen-bond acceptors (Lipinski definition) is 3. The van der Waals surface area contributed by atoms with Gasteiger partial charge in [0.1, 0.15) is 0 Å². The molecule has 0 aliphatic heterocycles. The van der Waals surface area contributed by atoms with Crippen molar-refractivity contribution in [2.24, 2.45) is 0 Å². The Labute approximate surface area is 124 Å². The van der Waals surface area contributed by atoms with Crippen LogP contribution in [0.25, 0.3) is 0 Å². The molecule has 0 bridgehead atoms. The molecule has 0 aromatic heterocycles. The number of nitrogen functional groups attached to an aromatic ring is 2. The van der Waals surface area contributed by atoms with Crippen molar-refractivity contribution in [1.82, 2.24) is 0 Å². The van der Waals surface area contributed by atoms with E-state index in [-0.39, 0.29) is 0 Å². The highest BCUT2D eigenvalue weighted by Gasteiger charge is 2.10. The molecule has 0 heterocycles. The van der Waals surface area contributed by atoms with E-state index < -0.39 is 0 Å². The van der Waals surface area contributed by atoms with Gasteiger partial charge >= 0.3 is 0 Å². The van der Waals surface area contributed by atoms with E-state index in [1.54, 1.807) is 18.2 Å². The average Bonchev–Trinajstić information content (AvgIpc) is 2.33. The fourth-order valence-corrected chi connectivity index (χ4v) is 2.83. The molecule has 2 nitrogen and oxygen atoms in total. The van der Waals surface area contributed by atoms with Gasteiger partial charge in [0, 0.05) is 20.5 Å². The van der Waals surface area contributed by atoms with Crippen LogP contribution in [0.5, 0.6) is 0 Å². The molecule has 0 amide bonds. The lowest BCUT2D eigenvalue weighted by molar-refractivity contribution is 1.41. The largest absolute Gasteiger partial charge is 0.398 e. The van der Waals surface area contributed by atoms with Crippen LogP contribution in [-0.4, -0.2) is 0 Å². The summed E-state index contributed by atoms with van der Waals surface area (Å²) in [5.74, 6) is 0. The molecule has 0 saturated carbocycles. The van der Waals surface area contributed by atoms with Crippen LogP contribution in [0.4, 0.5) is 11.4 Å². The molecule has 6 heteroatoms. The van der Waals surface area contributed by atoms with Crippen LogP contribution in [0, 0.1) is 0 Å². The van der Waals surface area contributed by atoms with Gasteiger partial charge in [0.05, 0.1) is 15.7 Å². The third-order valence-corrected chi connectivity index (χ3v) is 4.51. The highest BCUT2D eigenvalue weighted by atomic mass is 35.5. The molecule has 0 aliphatic carbocycles. The van der Waals surface area contributed by atoms with Crippen LogP contribution < -0.4 is 11.5 Å².